The van der Waals surface area contributed by atoms with E-state index in [9.17, 15) is 9.90 Å². The fourth-order valence-electron chi connectivity index (χ4n) is 2.46. The van der Waals surface area contributed by atoms with Crippen LogP contribution in [0.2, 0.25) is 0 Å². The van der Waals surface area contributed by atoms with E-state index in [1.54, 1.807) is 24.1 Å². The molecular formula is C13H16N4O3. The van der Waals surface area contributed by atoms with E-state index < -0.39 is 0 Å². The van der Waals surface area contributed by atoms with E-state index in [4.69, 9.17) is 4.52 Å². The van der Waals surface area contributed by atoms with Crippen LogP contribution >= 0.6 is 0 Å². The lowest BCUT2D eigenvalue weighted by Crippen LogP contribution is -2.41. The van der Waals surface area contributed by atoms with Gasteiger partial charge in [0.2, 0.25) is 5.76 Å². The van der Waals surface area contributed by atoms with Crippen molar-refractivity contribution in [3.05, 3.63) is 35.5 Å². The maximum absolute atomic E-state index is 12.5. The quantitative estimate of drug-likeness (QED) is 0.867. The zero-order valence-corrected chi connectivity index (χ0v) is 11.2. The number of aliphatic hydroxyl groups excluding tert-OH is 1. The predicted octanol–water partition coefficient (Wildman–Crippen LogP) is 0.587. The second-order valence-corrected chi connectivity index (χ2v) is 4.94. The Hall–Kier alpha value is -2.15. The van der Waals surface area contributed by atoms with Crippen molar-refractivity contribution >= 4 is 5.91 Å². The second-order valence-electron chi connectivity index (χ2n) is 4.94. The van der Waals surface area contributed by atoms with Gasteiger partial charge in [-0.15, -0.1) is 0 Å². The van der Waals surface area contributed by atoms with E-state index in [-0.39, 0.29) is 24.3 Å². The smallest absolute Gasteiger partial charge is 0.293 e. The van der Waals surface area contributed by atoms with Gasteiger partial charge in [0.15, 0.2) is 0 Å². The fraction of sp³-hybridized carbons (Fsp3) is 0.462. The molecule has 0 aromatic carbocycles. The number of nitrogens with zero attached hydrogens (tertiary/aromatic N) is 4. The summed E-state index contributed by atoms with van der Waals surface area (Å²) in [4.78, 5) is 14.1. The van der Waals surface area contributed by atoms with E-state index >= 15 is 0 Å². The Kier molecular flexibility index (Phi) is 3.27. The number of hydrogen-bond donors (Lipinski definition) is 1. The number of amides is 1. The zero-order valence-electron chi connectivity index (χ0n) is 11.2. The van der Waals surface area contributed by atoms with Gasteiger partial charge in [0, 0.05) is 18.8 Å². The number of rotatable bonds is 2. The summed E-state index contributed by atoms with van der Waals surface area (Å²) >= 11 is 0. The van der Waals surface area contributed by atoms with Crippen molar-refractivity contribution in [2.24, 2.45) is 0 Å². The Bertz CT molecular complexity index is 619. The van der Waals surface area contributed by atoms with Gasteiger partial charge < -0.3 is 14.5 Å². The van der Waals surface area contributed by atoms with Gasteiger partial charge >= 0.3 is 0 Å². The van der Waals surface area contributed by atoms with Crippen molar-refractivity contribution in [1.29, 1.82) is 0 Å². The number of hydrogen-bond acceptors (Lipinski definition) is 5. The van der Waals surface area contributed by atoms with Crippen LogP contribution in [-0.2, 0) is 13.1 Å². The molecule has 7 heteroatoms. The van der Waals surface area contributed by atoms with Crippen LogP contribution in [0.25, 0.3) is 0 Å². The maximum atomic E-state index is 12.5. The van der Waals surface area contributed by atoms with Gasteiger partial charge in [0.05, 0.1) is 30.6 Å². The maximum Gasteiger partial charge on any atom is 0.293 e. The monoisotopic (exact) mass is 276 g/mol. The molecule has 0 fully saturated rings. The topological polar surface area (TPSA) is 84.4 Å². The Balaban J connectivity index is 1.90. The highest BCUT2D eigenvalue weighted by atomic mass is 16.5. The van der Waals surface area contributed by atoms with E-state index in [0.717, 1.165) is 5.69 Å². The molecule has 20 heavy (non-hydrogen) atoms. The molecule has 0 bridgehead atoms. The van der Waals surface area contributed by atoms with Crippen LogP contribution in [0.5, 0.6) is 0 Å². The van der Waals surface area contributed by atoms with Gasteiger partial charge in [-0.25, -0.2) is 0 Å². The van der Waals surface area contributed by atoms with Crippen LogP contribution in [0.15, 0.2) is 22.9 Å². The lowest BCUT2D eigenvalue weighted by molar-refractivity contribution is 0.0528. The van der Waals surface area contributed by atoms with Crippen LogP contribution in [0.3, 0.4) is 0 Å². The largest absolute Gasteiger partial charge is 0.394 e. The first-order chi connectivity index (χ1) is 9.69. The molecule has 1 aliphatic heterocycles. The fourth-order valence-corrected chi connectivity index (χ4v) is 2.46. The molecule has 3 rings (SSSR count). The molecule has 0 saturated carbocycles. The normalized spacial score (nSPS) is 18.7. The van der Waals surface area contributed by atoms with Crippen LogP contribution < -0.4 is 0 Å². The summed E-state index contributed by atoms with van der Waals surface area (Å²) in [5.74, 6) is -0.0479. The Morgan fingerprint density at radius 3 is 3.15 bits per heavy atom. The molecule has 1 atom stereocenters. The number of fused-ring (bicyclic) bond motifs is 1. The zero-order chi connectivity index (χ0) is 14.1. The Labute approximate surface area is 115 Å². The molecule has 0 radical (unpaired) electrons. The van der Waals surface area contributed by atoms with Crippen LogP contribution in [-0.4, -0.2) is 43.5 Å². The Morgan fingerprint density at radius 2 is 2.45 bits per heavy atom. The standard InChI is InChI=1S/C13H16N4O3/c1-9-6-12(20-15-9)13(19)16-7-10-2-4-14-17(10)5-3-11(16)8-18/h2,4,6,11,18H,3,5,7-8H2,1H3/t11-/m0/s1. The van der Waals surface area contributed by atoms with Gasteiger partial charge in [-0.3, -0.25) is 9.48 Å². The third-order valence-electron chi connectivity index (χ3n) is 3.56. The molecule has 3 heterocycles. The summed E-state index contributed by atoms with van der Waals surface area (Å²) in [6.07, 6.45) is 2.37. The highest BCUT2D eigenvalue weighted by molar-refractivity contribution is 5.91. The molecule has 1 aliphatic rings. The highest BCUT2D eigenvalue weighted by Crippen LogP contribution is 2.20. The highest BCUT2D eigenvalue weighted by Gasteiger charge is 2.30. The lowest BCUT2D eigenvalue weighted by Gasteiger charge is -2.27. The summed E-state index contributed by atoms with van der Waals surface area (Å²) in [7, 11) is 0. The number of aromatic nitrogens is 3. The van der Waals surface area contributed by atoms with Crippen LogP contribution in [0.1, 0.15) is 28.4 Å². The number of carbonyl (C=O) groups is 1. The number of aryl methyl sites for hydroxylation is 2. The summed E-state index contributed by atoms with van der Waals surface area (Å²) in [5.41, 5.74) is 1.61. The van der Waals surface area contributed by atoms with Gasteiger partial charge in [-0.05, 0) is 19.4 Å². The molecule has 7 nitrogen and oxygen atoms in total. The molecular weight excluding hydrogens is 260 g/mol. The molecule has 1 N–H and O–H groups in total. The van der Waals surface area contributed by atoms with Crippen molar-refractivity contribution in [3.8, 4) is 0 Å². The third-order valence-corrected chi connectivity index (χ3v) is 3.56. The average Bonchev–Trinajstić information content (AvgIpc) is 3.03. The molecule has 2 aromatic heterocycles. The van der Waals surface area contributed by atoms with Gasteiger partial charge in [0.1, 0.15) is 0 Å². The van der Waals surface area contributed by atoms with Crippen molar-refractivity contribution in [2.75, 3.05) is 6.61 Å². The second kappa shape index (κ2) is 5.09. The lowest BCUT2D eigenvalue weighted by atomic mass is 10.1. The Morgan fingerprint density at radius 1 is 1.60 bits per heavy atom. The molecule has 0 unspecified atom stereocenters. The minimum absolute atomic E-state index is 0.0797. The van der Waals surface area contributed by atoms with Gasteiger partial charge in [-0.1, -0.05) is 5.16 Å². The SMILES string of the molecule is Cc1cc(C(=O)N2Cc3ccnn3CC[C@H]2CO)on1. The summed E-state index contributed by atoms with van der Waals surface area (Å²) in [5, 5.41) is 17.5. The number of aliphatic hydroxyl groups is 1. The molecule has 1 amide bonds. The van der Waals surface area contributed by atoms with Gasteiger partial charge in [-0.2, -0.15) is 5.10 Å². The summed E-state index contributed by atoms with van der Waals surface area (Å²) in [6, 6.07) is 3.25. The first-order valence-electron chi connectivity index (χ1n) is 6.55. The molecule has 0 aliphatic carbocycles. The number of carbonyl (C=O) groups excluding carboxylic acids is 1. The van der Waals surface area contributed by atoms with E-state index in [0.29, 0.717) is 25.2 Å². The minimum atomic E-state index is -0.251. The van der Waals surface area contributed by atoms with E-state index in [2.05, 4.69) is 10.3 Å². The first-order valence-corrected chi connectivity index (χ1v) is 6.55. The van der Waals surface area contributed by atoms with Gasteiger partial charge in [0.25, 0.3) is 5.91 Å². The van der Waals surface area contributed by atoms with Crippen LogP contribution in [0.4, 0.5) is 0 Å². The van der Waals surface area contributed by atoms with Crippen LogP contribution in [0, 0.1) is 6.92 Å². The van der Waals surface area contributed by atoms with E-state index in [1.165, 1.54) is 0 Å². The molecule has 106 valence electrons. The summed E-state index contributed by atoms with van der Waals surface area (Å²) in [6.45, 7) is 2.78. The predicted molar refractivity (Wildman–Crippen MR) is 68.8 cm³/mol. The molecule has 0 spiro atoms. The van der Waals surface area contributed by atoms with Crippen molar-refractivity contribution in [3.63, 3.8) is 0 Å². The first kappa shape index (κ1) is 12.9. The third kappa shape index (κ3) is 2.20. The summed E-state index contributed by atoms with van der Waals surface area (Å²) < 4.78 is 6.90. The molecule has 0 saturated heterocycles. The van der Waals surface area contributed by atoms with Crippen molar-refractivity contribution < 1.29 is 14.4 Å². The average molecular weight is 276 g/mol. The van der Waals surface area contributed by atoms with Crippen molar-refractivity contribution in [2.45, 2.75) is 32.5 Å². The van der Waals surface area contributed by atoms with Crippen molar-refractivity contribution in [1.82, 2.24) is 19.8 Å². The van der Waals surface area contributed by atoms with E-state index in [1.807, 2.05) is 10.7 Å². The minimum Gasteiger partial charge on any atom is -0.394 e. The molecule has 2 aromatic rings.